The van der Waals surface area contributed by atoms with Crippen molar-refractivity contribution in [2.24, 2.45) is 5.10 Å². The van der Waals surface area contributed by atoms with E-state index in [-0.39, 0.29) is 0 Å². The molecule has 0 saturated heterocycles. The minimum absolute atomic E-state index is 0.786. The molecule has 0 aliphatic heterocycles. The Hall–Kier alpha value is -1.68. The number of halogens is 1. The second-order valence-electron chi connectivity index (χ2n) is 3.12. The number of hydrazone groups is 1. The van der Waals surface area contributed by atoms with E-state index < -0.39 is 0 Å². The Morgan fingerprint density at radius 1 is 1.12 bits per heavy atom. The predicted octanol–water partition coefficient (Wildman–Crippen LogP) is 3.29. The Kier molecular flexibility index (Phi) is 3.66. The van der Waals surface area contributed by atoms with E-state index in [2.05, 4.69) is 31.4 Å². The first kappa shape index (κ1) is 10.8. The van der Waals surface area contributed by atoms with Crippen LogP contribution in [0, 0.1) is 0 Å². The number of hydrogen-bond donors (Lipinski definition) is 1. The highest BCUT2D eigenvalue weighted by molar-refractivity contribution is 9.10. The third-order valence-electron chi connectivity index (χ3n) is 1.96. The van der Waals surface area contributed by atoms with E-state index in [1.54, 1.807) is 12.4 Å². The molecule has 3 nitrogen and oxygen atoms in total. The zero-order chi connectivity index (χ0) is 11.2. The molecule has 0 radical (unpaired) electrons. The van der Waals surface area contributed by atoms with Crippen LogP contribution in [0.5, 0.6) is 0 Å². The van der Waals surface area contributed by atoms with Crippen LogP contribution in [0.25, 0.3) is 0 Å². The number of pyridine rings is 1. The van der Waals surface area contributed by atoms with Crippen molar-refractivity contribution in [1.82, 2.24) is 4.98 Å². The highest BCUT2D eigenvalue weighted by Crippen LogP contribution is 2.10. The fourth-order valence-corrected chi connectivity index (χ4v) is 1.54. The van der Waals surface area contributed by atoms with Crippen molar-refractivity contribution >= 4 is 27.8 Å². The fraction of sp³-hybridized carbons (Fsp3) is 0. The van der Waals surface area contributed by atoms with Crippen molar-refractivity contribution in [3.05, 3.63) is 58.8 Å². The van der Waals surface area contributed by atoms with Crippen LogP contribution in [0.3, 0.4) is 0 Å². The Morgan fingerprint density at radius 3 is 2.69 bits per heavy atom. The second kappa shape index (κ2) is 5.42. The van der Waals surface area contributed by atoms with Crippen LogP contribution in [-0.4, -0.2) is 11.2 Å². The minimum Gasteiger partial charge on any atom is -0.279 e. The van der Waals surface area contributed by atoms with Gasteiger partial charge in [0.15, 0.2) is 0 Å². The lowest BCUT2D eigenvalue weighted by atomic mass is 10.3. The monoisotopic (exact) mass is 275 g/mol. The topological polar surface area (TPSA) is 37.3 Å². The maximum atomic E-state index is 4.13. The fourth-order valence-electron chi connectivity index (χ4n) is 1.18. The number of nitrogens with zero attached hydrogens (tertiary/aromatic N) is 2. The maximum Gasteiger partial charge on any atom is 0.114 e. The number of hydrogen-bond acceptors (Lipinski definition) is 3. The van der Waals surface area contributed by atoms with E-state index in [0.717, 1.165) is 15.9 Å². The Labute approximate surface area is 102 Å². The molecule has 0 fully saturated rings. The molecule has 1 N–H and O–H groups in total. The highest BCUT2D eigenvalue weighted by Gasteiger charge is 1.94. The predicted molar refractivity (Wildman–Crippen MR) is 69.6 cm³/mol. The summed E-state index contributed by atoms with van der Waals surface area (Å²) in [6.45, 7) is 0. The van der Waals surface area contributed by atoms with Gasteiger partial charge in [0, 0.05) is 11.8 Å². The SMILES string of the molecule is Brc1ncccc1/C=N\Nc1ccccc1. The van der Waals surface area contributed by atoms with Crippen molar-refractivity contribution in [2.75, 3.05) is 5.43 Å². The Balaban J connectivity index is 2.03. The lowest BCUT2D eigenvalue weighted by Crippen LogP contribution is -1.91. The maximum absolute atomic E-state index is 4.13. The van der Waals surface area contributed by atoms with Crippen LogP contribution in [0.1, 0.15) is 5.56 Å². The third-order valence-corrected chi connectivity index (χ3v) is 2.62. The molecular weight excluding hydrogens is 266 g/mol. The lowest BCUT2D eigenvalue weighted by molar-refractivity contribution is 1.26. The van der Waals surface area contributed by atoms with Crippen LogP contribution in [0.2, 0.25) is 0 Å². The molecule has 0 aliphatic rings. The zero-order valence-corrected chi connectivity index (χ0v) is 10.1. The molecular formula is C12H10BrN3. The average Bonchev–Trinajstić information content (AvgIpc) is 2.33. The van der Waals surface area contributed by atoms with Gasteiger partial charge in [-0.05, 0) is 40.2 Å². The number of rotatable bonds is 3. The first-order chi connectivity index (χ1) is 7.86. The number of aromatic nitrogens is 1. The van der Waals surface area contributed by atoms with Gasteiger partial charge in [0.1, 0.15) is 4.60 Å². The van der Waals surface area contributed by atoms with Gasteiger partial charge in [-0.15, -0.1) is 0 Å². The van der Waals surface area contributed by atoms with E-state index in [4.69, 9.17) is 0 Å². The van der Waals surface area contributed by atoms with Crippen molar-refractivity contribution in [3.63, 3.8) is 0 Å². The summed E-state index contributed by atoms with van der Waals surface area (Å²) in [6, 6.07) is 13.6. The molecule has 0 unspecified atom stereocenters. The van der Waals surface area contributed by atoms with E-state index in [9.17, 15) is 0 Å². The van der Waals surface area contributed by atoms with Crippen molar-refractivity contribution in [1.29, 1.82) is 0 Å². The molecule has 2 aromatic rings. The molecule has 2 rings (SSSR count). The summed E-state index contributed by atoms with van der Waals surface area (Å²) in [7, 11) is 0. The van der Waals surface area contributed by atoms with E-state index >= 15 is 0 Å². The van der Waals surface area contributed by atoms with Gasteiger partial charge in [0.25, 0.3) is 0 Å². The molecule has 16 heavy (non-hydrogen) atoms. The van der Waals surface area contributed by atoms with E-state index in [1.807, 2.05) is 42.5 Å². The molecule has 80 valence electrons. The Morgan fingerprint density at radius 2 is 1.94 bits per heavy atom. The van der Waals surface area contributed by atoms with Gasteiger partial charge < -0.3 is 0 Å². The minimum atomic E-state index is 0.786. The van der Waals surface area contributed by atoms with Crippen LogP contribution in [0.15, 0.2) is 58.4 Å². The molecule has 0 amide bonds. The standard InChI is InChI=1S/C12H10BrN3/c13-12-10(5-4-8-14-12)9-15-16-11-6-2-1-3-7-11/h1-9,16H/b15-9-. The first-order valence-corrected chi connectivity index (χ1v) is 5.60. The van der Waals surface area contributed by atoms with Gasteiger partial charge in [-0.2, -0.15) is 5.10 Å². The number of benzene rings is 1. The summed E-state index contributed by atoms with van der Waals surface area (Å²) in [5.41, 5.74) is 4.83. The van der Waals surface area contributed by atoms with Crippen molar-refractivity contribution in [3.8, 4) is 0 Å². The molecule has 0 bridgehead atoms. The normalized spacial score (nSPS) is 10.6. The smallest absolute Gasteiger partial charge is 0.114 e. The van der Waals surface area contributed by atoms with Crippen LogP contribution >= 0.6 is 15.9 Å². The highest BCUT2D eigenvalue weighted by atomic mass is 79.9. The van der Waals surface area contributed by atoms with Gasteiger partial charge in [0.2, 0.25) is 0 Å². The van der Waals surface area contributed by atoms with Crippen LogP contribution < -0.4 is 5.43 Å². The van der Waals surface area contributed by atoms with Crippen molar-refractivity contribution in [2.45, 2.75) is 0 Å². The summed E-state index contributed by atoms with van der Waals surface area (Å²) in [5, 5.41) is 4.13. The second-order valence-corrected chi connectivity index (χ2v) is 3.87. The molecule has 0 spiro atoms. The molecule has 1 aromatic carbocycles. The van der Waals surface area contributed by atoms with Crippen molar-refractivity contribution < 1.29 is 0 Å². The molecule has 0 saturated carbocycles. The molecule has 4 heteroatoms. The van der Waals surface area contributed by atoms with Crippen LogP contribution in [-0.2, 0) is 0 Å². The quantitative estimate of drug-likeness (QED) is 0.530. The number of nitrogens with one attached hydrogen (secondary N) is 1. The average molecular weight is 276 g/mol. The third kappa shape index (κ3) is 2.90. The summed E-state index contributed by atoms with van der Waals surface area (Å²) >= 11 is 3.35. The number of anilines is 1. The van der Waals surface area contributed by atoms with E-state index in [0.29, 0.717) is 0 Å². The number of para-hydroxylation sites is 1. The Bertz CT molecular complexity index is 483. The van der Waals surface area contributed by atoms with Gasteiger partial charge in [-0.25, -0.2) is 4.98 Å². The molecule has 1 aromatic heterocycles. The van der Waals surface area contributed by atoms with Gasteiger partial charge in [-0.3, -0.25) is 5.43 Å². The van der Waals surface area contributed by atoms with Gasteiger partial charge in [-0.1, -0.05) is 18.2 Å². The van der Waals surface area contributed by atoms with E-state index in [1.165, 1.54) is 0 Å². The summed E-state index contributed by atoms with van der Waals surface area (Å²) in [4.78, 5) is 4.10. The zero-order valence-electron chi connectivity index (χ0n) is 8.47. The summed E-state index contributed by atoms with van der Waals surface area (Å²) < 4.78 is 0.786. The van der Waals surface area contributed by atoms with Gasteiger partial charge >= 0.3 is 0 Å². The molecule has 1 heterocycles. The van der Waals surface area contributed by atoms with Gasteiger partial charge in [0.05, 0.1) is 11.9 Å². The summed E-state index contributed by atoms with van der Waals surface area (Å²) in [5.74, 6) is 0. The van der Waals surface area contributed by atoms with Crippen LogP contribution in [0.4, 0.5) is 5.69 Å². The molecule has 0 aliphatic carbocycles. The largest absolute Gasteiger partial charge is 0.279 e. The molecule has 0 atom stereocenters. The summed E-state index contributed by atoms with van der Waals surface area (Å²) in [6.07, 6.45) is 3.45. The first-order valence-electron chi connectivity index (χ1n) is 4.81. The lowest BCUT2D eigenvalue weighted by Gasteiger charge is -1.99.